The molecule has 0 amide bonds. The van der Waals surface area contributed by atoms with E-state index in [1.165, 1.54) is 6.92 Å². The standard InChI is InChI=1S/C18H22O3/c1-10-14-5-4-12-8-13(11(2)19)17(21)9-15(12)18(14,3)7-6-16(10)20/h8-9,14,16,20-21H,1,4-7H2,2-3H3. The fourth-order valence-corrected chi connectivity index (χ4v) is 4.22. The van der Waals surface area contributed by atoms with E-state index in [1.807, 2.05) is 6.07 Å². The second kappa shape index (κ2) is 4.70. The van der Waals surface area contributed by atoms with Crippen molar-refractivity contribution in [3.05, 3.63) is 41.0 Å². The Labute approximate surface area is 125 Å². The fraction of sp³-hybridized carbons (Fsp3) is 0.500. The third kappa shape index (κ3) is 2.03. The average Bonchev–Trinajstić information content (AvgIpc) is 2.43. The first-order chi connectivity index (χ1) is 9.84. The van der Waals surface area contributed by atoms with Crippen molar-refractivity contribution in [2.45, 2.75) is 51.0 Å². The minimum atomic E-state index is -0.408. The van der Waals surface area contributed by atoms with Crippen molar-refractivity contribution < 1.29 is 15.0 Å². The van der Waals surface area contributed by atoms with Gasteiger partial charge in [-0.3, -0.25) is 4.79 Å². The van der Waals surface area contributed by atoms with Gasteiger partial charge in [-0.1, -0.05) is 13.5 Å². The lowest BCUT2D eigenvalue weighted by Gasteiger charge is -2.49. The number of Topliss-reactive ketones (excluding diaryl/α,β-unsaturated/α-hetero) is 1. The van der Waals surface area contributed by atoms with E-state index in [-0.39, 0.29) is 22.9 Å². The van der Waals surface area contributed by atoms with Crippen molar-refractivity contribution in [1.82, 2.24) is 0 Å². The van der Waals surface area contributed by atoms with E-state index in [0.717, 1.165) is 36.0 Å². The van der Waals surface area contributed by atoms with Crippen molar-refractivity contribution in [2.75, 3.05) is 0 Å². The number of carbonyl (C=O) groups excluding carboxylic acids is 1. The highest BCUT2D eigenvalue weighted by molar-refractivity contribution is 5.97. The number of fused-ring (bicyclic) bond motifs is 3. The highest BCUT2D eigenvalue weighted by atomic mass is 16.3. The predicted molar refractivity (Wildman–Crippen MR) is 81.7 cm³/mol. The fourth-order valence-electron chi connectivity index (χ4n) is 4.22. The Balaban J connectivity index is 2.12. The van der Waals surface area contributed by atoms with Crippen LogP contribution in [0.25, 0.3) is 0 Å². The summed E-state index contributed by atoms with van der Waals surface area (Å²) < 4.78 is 0. The summed E-state index contributed by atoms with van der Waals surface area (Å²) in [5, 5.41) is 20.2. The summed E-state index contributed by atoms with van der Waals surface area (Å²) in [7, 11) is 0. The molecule has 2 N–H and O–H groups in total. The van der Waals surface area contributed by atoms with Crippen LogP contribution in [-0.2, 0) is 11.8 Å². The molecule has 3 heteroatoms. The van der Waals surface area contributed by atoms with Crippen LogP contribution in [0.3, 0.4) is 0 Å². The molecule has 2 aliphatic carbocycles. The first kappa shape index (κ1) is 14.3. The highest BCUT2D eigenvalue weighted by Crippen LogP contribution is 2.52. The van der Waals surface area contributed by atoms with Crippen LogP contribution >= 0.6 is 0 Å². The quantitative estimate of drug-likeness (QED) is 0.616. The number of aliphatic hydroxyl groups is 1. The third-order valence-corrected chi connectivity index (χ3v) is 5.50. The second-order valence-electron chi connectivity index (χ2n) is 6.72. The molecule has 0 heterocycles. The van der Waals surface area contributed by atoms with Crippen LogP contribution in [0.4, 0.5) is 0 Å². The van der Waals surface area contributed by atoms with Gasteiger partial charge < -0.3 is 10.2 Å². The third-order valence-electron chi connectivity index (χ3n) is 5.50. The molecule has 1 fully saturated rings. The smallest absolute Gasteiger partial charge is 0.163 e. The molecular formula is C18H22O3. The van der Waals surface area contributed by atoms with Crippen LogP contribution in [0.5, 0.6) is 5.75 Å². The Hall–Kier alpha value is -1.61. The van der Waals surface area contributed by atoms with Crippen molar-refractivity contribution in [3.63, 3.8) is 0 Å². The largest absolute Gasteiger partial charge is 0.507 e. The van der Waals surface area contributed by atoms with Gasteiger partial charge in [-0.05, 0) is 72.8 Å². The lowest BCUT2D eigenvalue weighted by molar-refractivity contribution is 0.101. The molecule has 0 aliphatic heterocycles. The van der Waals surface area contributed by atoms with Gasteiger partial charge in [-0.2, -0.15) is 0 Å². The molecule has 3 unspecified atom stereocenters. The van der Waals surface area contributed by atoms with Crippen molar-refractivity contribution in [1.29, 1.82) is 0 Å². The lowest BCUT2D eigenvalue weighted by atomic mass is 9.56. The molecule has 1 aromatic carbocycles. The Morgan fingerprint density at radius 1 is 1.38 bits per heavy atom. The summed E-state index contributed by atoms with van der Waals surface area (Å²) in [4.78, 5) is 11.6. The second-order valence-corrected chi connectivity index (χ2v) is 6.72. The molecule has 0 spiro atoms. The maximum Gasteiger partial charge on any atom is 0.163 e. The average molecular weight is 286 g/mol. The van der Waals surface area contributed by atoms with Crippen LogP contribution < -0.4 is 0 Å². The number of rotatable bonds is 1. The van der Waals surface area contributed by atoms with Crippen molar-refractivity contribution in [2.24, 2.45) is 5.92 Å². The number of phenols is 1. The maximum atomic E-state index is 11.6. The number of carbonyl (C=O) groups is 1. The summed E-state index contributed by atoms with van der Waals surface area (Å²) in [6.07, 6.45) is 2.99. The van der Waals surface area contributed by atoms with Gasteiger partial charge in [0.2, 0.25) is 0 Å². The van der Waals surface area contributed by atoms with E-state index in [4.69, 9.17) is 0 Å². The van der Waals surface area contributed by atoms with Gasteiger partial charge in [0, 0.05) is 0 Å². The molecule has 0 bridgehead atoms. The van der Waals surface area contributed by atoms with E-state index in [0.29, 0.717) is 12.0 Å². The number of aliphatic hydroxyl groups excluding tert-OH is 1. The Morgan fingerprint density at radius 2 is 2.10 bits per heavy atom. The first-order valence-corrected chi connectivity index (χ1v) is 7.58. The van der Waals surface area contributed by atoms with Crippen LogP contribution in [0.1, 0.15) is 54.6 Å². The van der Waals surface area contributed by atoms with E-state index >= 15 is 0 Å². The molecule has 3 nitrogen and oxygen atoms in total. The van der Waals surface area contributed by atoms with E-state index in [1.54, 1.807) is 6.07 Å². The summed E-state index contributed by atoms with van der Waals surface area (Å²) in [6.45, 7) is 7.77. The summed E-state index contributed by atoms with van der Waals surface area (Å²) in [5.74, 6) is 0.210. The molecule has 0 radical (unpaired) electrons. The zero-order valence-electron chi connectivity index (χ0n) is 12.6. The van der Waals surface area contributed by atoms with E-state index in [9.17, 15) is 15.0 Å². The number of aromatic hydroxyl groups is 1. The van der Waals surface area contributed by atoms with Gasteiger partial charge in [-0.25, -0.2) is 0 Å². The number of hydrogen-bond donors (Lipinski definition) is 2. The van der Waals surface area contributed by atoms with E-state index < -0.39 is 6.10 Å². The number of phenolic OH excluding ortho intramolecular Hbond substituents is 1. The zero-order chi connectivity index (χ0) is 15.4. The molecule has 112 valence electrons. The predicted octanol–water partition coefficient (Wildman–Crippen LogP) is 3.13. The number of ketones is 1. The molecule has 3 atom stereocenters. The monoisotopic (exact) mass is 286 g/mol. The van der Waals surface area contributed by atoms with Crippen molar-refractivity contribution >= 4 is 5.78 Å². The normalized spacial score (nSPS) is 31.5. The van der Waals surface area contributed by atoms with Gasteiger partial charge in [0.05, 0.1) is 11.7 Å². The molecule has 21 heavy (non-hydrogen) atoms. The Morgan fingerprint density at radius 3 is 2.76 bits per heavy atom. The molecule has 1 aromatic rings. The van der Waals surface area contributed by atoms with Crippen LogP contribution in [-0.4, -0.2) is 22.1 Å². The van der Waals surface area contributed by atoms with Crippen LogP contribution in [0.15, 0.2) is 24.3 Å². The topological polar surface area (TPSA) is 57.5 Å². The van der Waals surface area contributed by atoms with Gasteiger partial charge in [-0.15, -0.1) is 0 Å². The SMILES string of the molecule is C=C1C(O)CCC2(C)c3cc(O)c(C(C)=O)cc3CCC12. The van der Waals surface area contributed by atoms with E-state index in [2.05, 4.69) is 13.5 Å². The minimum absolute atomic E-state index is 0.0693. The maximum absolute atomic E-state index is 11.6. The van der Waals surface area contributed by atoms with Crippen LogP contribution in [0, 0.1) is 5.92 Å². The van der Waals surface area contributed by atoms with Gasteiger partial charge in [0.25, 0.3) is 0 Å². The minimum Gasteiger partial charge on any atom is -0.507 e. The van der Waals surface area contributed by atoms with Crippen LogP contribution in [0.2, 0.25) is 0 Å². The molecule has 1 saturated carbocycles. The van der Waals surface area contributed by atoms with Gasteiger partial charge >= 0.3 is 0 Å². The summed E-state index contributed by atoms with van der Waals surface area (Å²) in [5.41, 5.74) is 3.50. The molecule has 3 rings (SSSR count). The van der Waals surface area contributed by atoms with Crippen molar-refractivity contribution in [3.8, 4) is 5.75 Å². The summed E-state index contributed by atoms with van der Waals surface area (Å²) in [6, 6.07) is 3.62. The van der Waals surface area contributed by atoms with Gasteiger partial charge in [0.15, 0.2) is 5.78 Å². The number of benzene rings is 1. The zero-order valence-corrected chi connectivity index (χ0v) is 12.6. The molecular weight excluding hydrogens is 264 g/mol. The lowest BCUT2D eigenvalue weighted by Crippen LogP contribution is -2.44. The molecule has 0 saturated heterocycles. The van der Waals surface area contributed by atoms with Gasteiger partial charge in [0.1, 0.15) is 5.75 Å². The molecule has 2 aliphatic rings. The number of aryl methyl sites for hydroxylation is 1. The summed E-state index contributed by atoms with van der Waals surface area (Å²) >= 11 is 0. The Bertz CT molecular complexity index is 632. The first-order valence-electron chi connectivity index (χ1n) is 7.58. The molecule has 0 aromatic heterocycles. The Kier molecular flexibility index (Phi) is 3.21. The highest BCUT2D eigenvalue weighted by Gasteiger charge is 2.46. The number of hydrogen-bond acceptors (Lipinski definition) is 3.